The maximum absolute atomic E-state index is 5.93. The van der Waals surface area contributed by atoms with E-state index in [4.69, 9.17) is 11.6 Å². The molecule has 4 heteroatoms. The first kappa shape index (κ1) is 10.9. The van der Waals surface area contributed by atoms with Crippen LogP contribution in [0.1, 0.15) is 11.3 Å². The van der Waals surface area contributed by atoms with Crippen molar-refractivity contribution in [2.75, 3.05) is 5.32 Å². The third kappa shape index (κ3) is 2.70. The lowest BCUT2D eigenvalue weighted by molar-refractivity contribution is 1.00. The van der Waals surface area contributed by atoms with Crippen molar-refractivity contribution in [2.24, 2.45) is 0 Å². The zero-order valence-corrected chi connectivity index (χ0v) is 9.70. The van der Waals surface area contributed by atoms with Crippen LogP contribution in [0.15, 0.2) is 36.8 Å². The summed E-state index contributed by atoms with van der Waals surface area (Å²) >= 11 is 5.93. The minimum absolute atomic E-state index is 0.670. The Morgan fingerprint density at radius 1 is 1.31 bits per heavy atom. The minimum atomic E-state index is 0.670. The van der Waals surface area contributed by atoms with E-state index in [0.29, 0.717) is 6.54 Å². The SMILES string of the molecule is Cc1ccc(Cl)cc1NCc1ccncn1. The summed E-state index contributed by atoms with van der Waals surface area (Å²) in [6, 6.07) is 7.67. The van der Waals surface area contributed by atoms with Crippen molar-refractivity contribution >= 4 is 17.3 Å². The van der Waals surface area contributed by atoms with Gasteiger partial charge in [-0.2, -0.15) is 0 Å². The molecule has 0 aliphatic carbocycles. The summed E-state index contributed by atoms with van der Waals surface area (Å²) < 4.78 is 0. The Kier molecular flexibility index (Phi) is 3.37. The summed E-state index contributed by atoms with van der Waals surface area (Å²) in [5, 5.41) is 4.03. The molecule has 1 aromatic carbocycles. The van der Waals surface area contributed by atoms with Crippen molar-refractivity contribution in [1.82, 2.24) is 9.97 Å². The molecule has 3 nitrogen and oxygen atoms in total. The molecule has 1 N–H and O–H groups in total. The fraction of sp³-hybridized carbons (Fsp3) is 0.167. The molecule has 0 amide bonds. The zero-order chi connectivity index (χ0) is 11.4. The molecule has 0 saturated heterocycles. The van der Waals surface area contributed by atoms with Crippen molar-refractivity contribution in [2.45, 2.75) is 13.5 Å². The van der Waals surface area contributed by atoms with Gasteiger partial charge in [-0.1, -0.05) is 17.7 Å². The second kappa shape index (κ2) is 4.94. The number of benzene rings is 1. The number of rotatable bonds is 3. The number of hydrogen-bond acceptors (Lipinski definition) is 3. The van der Waals surface area contributed by atoms with Crippen molar-refractivity contribution in [3.05, 3.63) is 53.1 Å². The van der Waals surface area contributed by atoms with Crippen LogP contribution in [-0.4, -0.2) is 9.97 Å². The van der Waals surface area contributed by atoms with Gasteiger partial charge in [-0.3, -0.25) is 0 Å². The minimum Gasteiger partial charge on any atom is -0.379 e. The molecular formula is C12H12ClN3. The molecule has 0 aliphatic rings. The Hall–Kier alpha value is -1.61. The van der Waals surface area contributed by atoms with E-state index < -0.39 is 0 Å². The summed E-state index contributed by atoms with van der Waals surface area (Å²) in [6.07, 6.45) is 3.27. The highest BCUT2D eigenvalue weighted by molar-refractivity contribution is 6.30. The fourth-order valence-electron chi connectivity index (χ4n) is 1.39. The van der Waals surface area contributed by atoms with Crippen LogP contribution in [-0.2, 0) is 6.54 Å². The molecule has 0 radical (unpaired) electrons. The van der Waals surface area contributed by atoms with Crippen LogP contribution in [0.4, 0.5) is 5.69 Å². The smallest absolute Gasteiger partial charge is 0.115 e. The summed E-state index contributed by atoms with van der Waals surface area (Å²) in [4.78, 5) is 8.01. The largest absolute Gasteiger partial charge is 0.379 e. The molecule has 2 aromatic rings. The van der Waals surface area contributed by atoms with Crippen LogP contribution in [0.5, 0.6) is 0 Å². The van der Waals surface area contributed by atoms with Gasteiger partial charge >= 0.3 is 0 Å². The molecule has 0 spiro atoms. The normalized spacial score (nSPS) is 10.1. The Bertz CT molecular complexity index is 471. The number of anilines is 1. The molecule has 82 valence electrons. The number of nitrogens with zero attached hydrogens (tertiary/aromatic N) is 2. The second-order valence-electron chi connectivity index (χ2n) is 3.51. The van der Waals surface area contributed by atoms with Crippen LogP contribution in [0, 0.1) is 6.92 Å². The highest BCUT2D eigenvalue weighted by Crippen LogP contribution is 2.20. The number of aryl methyl sites for hydroxylation is 1. The molecule has 0 aliphatic heterocycles. The lowest BCUT2D eigenvalue weighted by atomic mass is 10.2. The standard InChI is InChI=1S/C12H12ClN3/c1-9-2-3-10(13)6-12(9)15-7-11-4-5-14-8-16-11/h2-6,8,15H,7H2,1H3. The number of aromatic nitrogens is 2. The van der Waals surface area contributed by atoms with Gasteiger partial charge in [-0.15, -0.1) is 0 Å². The highest BCUT2D eigenvalue weighted by atomic mass is 35.5. The van der Waals surface area contributed by atoms with E-state index in [1.807, 2.05) is 31.2 Å². The first-order chi connectivity index (χ1) is 7.75. The second-order valence-corrected chi connectivity index (χ2v) is 3.95. The molecule has 0 saturated carbocycles. The van der Waals surface area contributed by atoms with Gasteiger partial charge in [0.25, 0.3) is 0 Å². The van der Waals surface area contributed by atoms with E-state index >= 15 is 0 Å². The molecule has 0 bridgehead atoms. The molecule has 1 aromatic heterocycles. The Balaban J connectivity index is 2.08. The monoisotopic (exact) mass is 233 g/mol. The first-order valence-corrected chi connectivity index (χ1v) is 5.38. The summed E-state index contributed by atoms with van der Waals surface area (Å²) in [7, 11) is 0. The zero-order valence-electron chi connectivity index (χ0n) is 8.94. The van der Waals surface area contributed by atoms with E-state index in [1.165, 1.54) is 5.56 Å². The Morgan fingerprint density at radius 2 is 2.19 bits per heavy atom. The van der Waals surface area contributed by atoms with Crippen LogP contribution >= 0.6 is 11.6 Å². The molecular weight excluding hydrogens is 222 g/mol. The van der Waals surface area contributed by atoms with Gasteiger partial charge in [0.1, 0.15) is 6.33 Å². The van der Waals surface area contributed by atoms with E-state index in [-0.39, 0.29) is 0 Å². The molecule has 1 heterocycles. The van der Waals surface area contributed by atoms with Crippen molar-refractivity contribution < 1.29 is 0 Å². The van der Waals surface area contributed by atoms with Gasteiger partial charge < -0.3 is 5.32 Å². The fourth-order valence-corrected chi connectivity index (χ4v) is 1.57. The van der Waals surface area contributed by atoms with E-state index in [1.54, 1.807) is 12.5 Å². The molecule has 0 unspecified atom stereocenters. The Morgan fingerprint density at radius 3 is 2.94 bits per heavy atom. The molecule has 0 atom stereocenters. The van der Waals surface area contributed by atoms with Crippen LogP contribution in [0.2, 0.25) is 5.02 Å². The topological polar surface area (TPSA) is 37.8 Å². The van der Waals surface area contributed by atoms with E-state index in [0.717, 1.165) is 16.4 Å². The maximum atomic E-state index is 5.93. The van der Waals surface area contributed by atoms with Crippen LogP contribution < -0.4 is 5.32 Å². The predicted molar refractivity (Wildman–Crippen MR) is 65.5 cm³/mol. The molecule has 2 rings (SSSR count). The quantitative estimate of drug-likeness (QED) is 0.886. The van der Waals surface area contributed by atoms with Gasteiger partial charge in [0.05, 0.1) is 12.2 Å². The molecule has 0 fully saturated rings. The van der Waals surface area contributed by atoms with Crippen molar-refractivity contribution in [3.63, 3.8) is 0 Å². The average Bonchev–Trinajstić information content (AvgIpc) is 2.32. The van der Waals surface area contributed by atoms with Crippen LogP contribution in [0.25, 0.3) is 0 Å². The van der Waals surface area contributed by atoms with E-state index in [9.17, 15) is 0 Å². The van der Waals surface area contributed by atoms with Gasteiger partial charge in [0, 0.05) is 16.9 Å². The third-order valence-electron chi connectivity index (χ3n) is 2.30. The summed E-state index contributed by atoms with van der Waals surface area (Å²) in [5.74, 6) is 0. The van der Waals surface area contributed by atoms with Crippen LogP contribution in [0.3, 0.4) is 0 Å². The highest BCUT2D eigenvalue weighted by Gasteiger charge is 1.99. The average molecular weight is 234 g/mol. The number of halogens is 1. The maximum Gasteiger partial charge on any atom is 0.115 e. The van der Waals surface area contributed by atoms with Gasteiger partial charge in [-0.25, -0.2) is 9.97 Å². The van der Waals surface area contributed by atoms with Gasteiger partial charge in [0.15, 0.2) is 0 Å². The third-order valence-corrected chi connectivity index (χ3v) is 2.54. The number of nitrogens with one attached hydrogen (secondary N) is 1. The summed E-state index contributed by atoms with van der Waals surface area (Å²) in [5.41, 5.74) is 3.15. The first-order valence-electron chi connectivity index (χ1n) is 5.00. The lowest BCUT2D eigenvalue weighted by Crippen LogP contribution is -2.02. The van der Waals surface area contributed by atoms with Gasteiger partial charge in [-0.05, 0) is 30.7 Å². The van der Waals surface area contributed by atoms with Crippen molar-refractivity contribution in [1.29, 1.82) is 0 Å². The van der Waals surface area contributed by atoms with Gasteiger partial charge in [0.2, 0.25) is 0 Å². The van der Waals surface area contributed by atoms with E-state index in [2.05, 4.69) is 15.3 Å². The summed E-state index contributed by atoms with van der Waals surface area (Å²) in [6.45, 7) is 2.71. The van der Waals surface area contributed by atoms with Crippen molar-refractivity contribution in [3.8, 4) is 0 Å². The number of hydrogen-bond donors (Lipinski definition) is 1. The lowest BCUT2D eigenvalue weighted by Gasteiger charge is -2.09. The Labute approximate surface area is 99.5 Å². The predicted octanol–water partition coefficient (Wildman–Crippen LogP) is 3.05. The molecule has 16 heavy (non-hydrogen) atoms.